The minimum Gasteiger partial charge on any atom is -0.480 e. The van der Waals surface area contributed by atoms with Crippen molar-refractivity contribution in [3.8, 4) is 0 Å². The van der Waals surface area contributed by atoms with Crippen LogP contribution in [-0.2, 0) is 4.79 Å². The number of nitrogens with zero attached hydrogens (tertiary/aromatic N) is 1. The number of rotatable bonds is 9. The highest BCUT2D eigenvalue weighted by molar-refractivity contribution is 7.99. The van der Waals surface area contributed by atoms with Crippen molar-refractivity contribution in [2.24, 2.45) is 0 Å². The largest absolute Gasteiger partial charge is 0.480 e. The van der Waals surface area contributed by atoms with Gasteiger partial charge in [0.05, 0.1) is 5.69 Å². The highest BCUT2D eigenvalue weighted by Crippen LogP contribution is 2.22. The summed E-state index contributed by atoms with van der Waals surface area (Å²) < 4.78 is 5.48. The molecule has 0 spiro atoms. The lowest BCUT2D eigenvalue weighted by atomic mass is 9.95. The van der Waals surface area contributed by atoms with Crippen LogP contribution in [0.4, 0.5) is 0 Å². The zero-order chi connectivity index (χ0) is 15.2. The van der Waals surface area contributed by atoms with Gasteiger partial charge in [0.25, 0.3) is 5.22 Å². The Labute approximate surface area is 124 Å². The summed E-state index contributed by atoms with van der Waals surface area (Å²) >= 11 is 1.58. The summed E-state index contributed by atoms with van der Waals surface area (Å²) in [6.07, 6.45) is 2.43. The Morgan fingerprint density at radius 3 is 2.65 bits per heavy atom. The standard InChI is InChI=1S/C14H24N2O3S/c1-5-15-14(4,12(17)18)8-6-7-9-20-13-16-10(2)11(3)19-13/h15H,5-9H2,1-4H3,(H,17,18). The SMILES string of the molecule is CCNC(C)(CCCCSc1nc(C)c(C)o1)C(=O)O. The highest BCUT2D eigenvalue weighted by atomic mass is 32.2. The molecule has 0 aromatic carbocycles. The molecule has 1 unspecified atom stereocenters. The summed E-state index contributed by atoms with van der Waals surface area (Å²) in [6, 6.07) is 0. The van der Waals surface area contributed by atoms with Crippen molar-refractivity contribution in [3.05, 3.63) is 11.5 Å². The molecule has 1 rings (SSSR count). The van der Waals surface area contributed by atoms with E-state index in [9.17, 15) is 9.90 Å². The van der Waals surface area contributed by atoms with Crippen LogP contribution in [0.25, 0.3) is 0 Å². The number of oxazole rings is 1. The summed E-state index contributed by atoms with van der Waals surface area (Å²) in [5.74, 6) is 0.963. The smallest absolute Gasteiger partial charge is 0.323 e. The number of aliphatic carboxylic acids is 1. The number of aryl methyl sites for hydroxylation is 2. The molecule has 1 aromatic rings. The van der Waals surface area contributed by atoms with Crippen LogP contribution in [0.15, 0.2) is 9.64 Å². The average molecular weight is 300 g/mol. The van der Waals surface area contributed by atoms with Crippen LogP contribution in [0.1, 0.15) is 44.6 Å². The molecule has 0 amide bonds. The Bertz CT molecular complexity index is 428. The fourth-order valence-electron chi connectivity index (χ4n) is 1.91. The quantitative estimate of drug-likeness (QED) is 0.539. The zero-order valence-corrected chi connectivity index (χ0v) is 13.5. The minimum absolute atomic E-state index is 0.625. The van der Waals surface area contributed by atoms with Crippen LogP contribution in [0.5, 0.6) is 0 Å². The van der Waals surface area contributed by atoms with Gasteiger partial charge in [-0.05, 0) is 40.2 Å². The molecule has 114 valence electrons. The van der Waals surface area contributed by atoms with E-state index in [0.717, 1.165) is 30.0 Å². The van der Waals surface area contributed by atoms with Gasteiger partial charge in [0, 0.05) is 5.75 Å². The topological polar surface area (TPSA) is 75.4 Å². The zero-order valence-electron chi connectivity index (χ0n) is 12.7. The van der Waals surface area contributed by atoms with Gasteiger partial charge in [-0.1, -0.05) is 25.1 Å². The number of carboxylic acid groups (broad SMARTS) is 1. The van der Waals surface area contributed by atoms with E-state index in [1.54, 1.807) is 18.7 Å². The Morgan fingerprint density at radius 1 is 1.45 bits per heavy atom. The fourth-order valence-corrected chi connectivity index (χ4v) is 2.81. The van der Waals surface area contributed by atoms with Crippen molar-refractivity contribution in [2.45, 2.75) is 57.7 Å². The number of nitrogens with one attached hydrogen (secondary N) is 1. The molecule has 0 aliphatic heterocycles. The van der Waals surface area contributed by atoms with Crippen molar-refractivity contribution in [3.63, 3.8) is 0 Å². The van der Waals surface area contributed by atoms with E-state index in [4.69, 9.17) is 4.42 Å². The second-order valence-corrected chi connectivity index (χ2v) is 6.14. The third kappa shape index (κ3) is 4.83. The maximum Gasteiger partial charge on any atom is 0.323 e. The number of unbranched alkanes of at least 4 members (excludes halogenated alkanes) is 1. The van der Waals surface area contributed by atoms with Crippen LogP contribution < -0.4 is 5.32 Å². The Morgan fingerprint density at radius 2 is 2.15 bits per heavy atom. The second kappa shape index (κ2) is 7.69. The van der Waals surface area contributed by atoms with Gasteiger partial charge in [-0.25, -0.2) is 4.98 Å². The summed E-state index contributed by atoms with van der Waals surface area (Å²) in [5.41, 5.74) is 0.105. The monoisotopic (exact) mass is 300 g/mol. The first kappa shape index (κ1) is 17.0. The van der Waals surface area contributed by atoms with Gasteiger partial charge in [-0.3, -0.25) is 4.79 Å². The molecule has 0 aliphatic rings. The second-order valence-electron chi connectivity index (χ2n) is 5.09. The van der Waals surface area contributed by atoms with Crippen molar-refractivity contribution in [1.82, 2.24) is 10.3 Å². The van der Waals surface area contributed by atoms with E-state index < -0.39 is 11.5 Å². The van der Waals surface area contributed by atoms with Gasteiger partial charge in [0.15, 0.2) is 0 Å². The first-order chi connectivity index (χ1) is 9.39. The number of likely N-dealkylation sites (N-methyl/N-ethyl adjacent to an activating group) is 1. The predicted octanol–water partition coefficient (Wildman–Crippen LogP) is 3.01. The van der Waals surface area contributed by atoms with E-state index >= 15 is 0 Å². The van der Waals surface area contributed by atoms with E-state index in [1.165, 1.54) is 0 Å². The number of carbonyl (C=O) groups is 1. The predicted molar refractivity (Wildman–Crippen MR) is 80.3 cm³/mol. The normalized spacial score (nSPS) is 14.2. The molecule has 0 bridgehead atoms. The van der Waals surface area contributed by atoms with Crippen molar-refractivity contribution >= 4 is 17.7 Å². The molecule has 1 atom stereocenters. The number of aromatic nitrogens is 1. The van der Waals surface area contributed by atoms with Gasteiger partial charge in [-0.2, -0.15) is 0 Å². The molecule has 6 heteroatoms. The summed E-state index contributed by atoms with van der Waals surface area (Å²) in [6.45, 7) is 8.15. The molecule has 0 aliphatic carbocycles. The van der Waals surface area contributed by atoms with Crippen molar-refractivity contribution < 1.29 is 14.3 Å². The van der Waals surface area contributed by atoms with Gasteiger partial charge in [0.1, 0.15) is 11.3 Å². The van der Waals surface area contributed by atoms with Crippen LogP contribution in [0.2, 0.25) is 0 Å². The van der Waals surface area contributed by atoms with Gasteiger partial charge < -0.3 is 14.8 Å². The molecule has 0 fully saturated rings. The minimum atomic E-state index is -0.824. The molecule has 5 nitrogen and oxygen atoms in total. The first-order valence-electron chi connectivity index (χ1n) is 6.94. The fraction of sp³-hybridized carbons (Fsp3) is 0.714. The molecule has 0 saturated heterocycles. The van der Waals surface area contributed by atoms with Gasteiger partial charge >= 0.3 is 5.97 Å². The molecule has 0 saturated carbocycles. The molecular formula is C14H24N2O3S. The molecule has 2 N–H and O–H groups in total. The average Bonchev–Trinajstić information content (AvgIpc) is 2.68. The first-order valence-corrected chi connectivity index (χ1v) is 7.93. The third-order valence-electron chi connectivity index (χ3n) is 3.34. The lowest BCUT2D eigenvalue weighted by Crippen LogP contribution is -2.49. The number of hydrogen-bond donors (Lipinski definition) is 2. The summed E-state index contributed by atoms with van der Waals surface area (Å²) in [4.78, 5) is 15.5. The summed E-state index contributed by atoms with van der Waals surface area (Å²) in [7, 11) is 0. The summed E-state index contributed by atoms with van der Waals surface area (Å²) in [5, 5.41) is 13.0. The van der Waals surface area contributed by atoms with Gasteiger partial charge in [-0.15, -0.1) is 0 Å². The van der Waals surface area contributed by atoms with Crippen LogP contribution in [-0.4, -0.2) is 33.9 Å². The van der Waals surface area contributed by atoms with Crippen molar-refractivity contribution in [1.29, 1.82) is 0 Å². The van der Waals surface area contributed by atoms with Crippen LogP contribution in [0, 0.1) is 13.8 Å². The molecule has 1 aromatic heterocycles. The van der Waals surface area contributed by atoms with E-state index in [1.807, 2.05) is 20.8 Å². The number of thioether (sulfide) groups is 1. The van der Waals surface area contributed by atoms with Crippen LogP contribution >= 0.6 is 11.8 Å². The number of carboxylic acids is 1. The van der Waals surface area contributed by atoms with Gasteiger partial charge in [0.2, 0.25) is 0 Å². The number of hydrogen-bond acceptors (Lipinski definition) is 5. The molecular weight excluding hydrogens is 276 g/mol. The highest BCUT2D eigenvalue weighted by Gasteiger charge is 2.30. The Kier molecular flexibility index (Phi) is 6.55. The van der Waals surface area contributed by atoms with Crippen molar-refractivity contribution in [2.75, 3.05) is 12.3 Å². The Balaban J connectivity index is 2.29. The van der Waals surface area contributed by atoms with E-state index in [0.29, 0.717) is 18.2 Å². The van der Waals surface area contributed by atoms with E-state index in [2.05, 4.69) is 10.3 Å². The molecule has 1 heterocycles. The lowest BCUT2D eigenvalue weighted by Gasteiger charge is -2.25. The molecule has 0 radical (unpaired) electrons. The maximum atomic E-state index is 11.2. The molecule has 20 heavy (non-hydrogen) atoms. The maximum absolute atomic E-state index is 11.2. The van der Waals surface area contributed by atoms with Crippen LogP contribution in [0.3, 0.4) is 0 Å². The van der Waals surface area contributed by atoms with E-state index in [-0.39, 0.29) is 0 Å². The third-order valence-corrected chi connectivity index (χ3v) is 4.26. The lowest BCUT2D eigenvalue weighted by molar-refractivity contribution is -0.144. The Hall–Kier alpha value is -1.01.